The SMILES string of the molecule is CC(=O)c1ccc(N2CCCC(C)(C)C2)cc1N. The zero-order chi connectivity index (χ0) is 13.3. The molecule has 1 aromatic rings. The summed E-state index contributed by atoms with van der Waals surface area (Å²) in [4.78, 5) is 13.7. The standard InChI is InChI=1S/C15H22N2O/c1-11(18)13-6-5-12(9-14(13)16)17-8-4-7-15(2,3)10-17/h5-6,9H,4,7-8,10,16H2,1-3H3. The van der Waals surface area contributed by atoms with E-state index in [1.807, 2.05) is 18.2 Å². The average Bonchev–Trinajstić information content (AvgIpc) is 2.27. The highest BCUT2D eigenvalue weighted by Crippen LogP contribution is 2.32. The molecule has 0 atom stereocenters. The molecule has 1 saturated heterocycles. The minimum absolute atomic E-state index is 0.0259. The molecule has 2 rings (SSSR count). The number of Topliss-reactive ketones (excluding diaryl/α,β-unsaturated/α-hetero) is 1. The molecule has 98 valence electrons. The lowest BCUT2D eigenvalue weighted by atomic mass is 9.84. The van der Waals surface area contributed by atoms with Crippen molar-refractivity contribution in [3.8, 4) is 0 Å². The maximum Gasteiger partial charge on any atom is 0.161 e. The smallest absolute Gasteiger partial charge is 0.161 e. The van der Waals surface area contributed by atoms with Crippen molar-refractivity contribution in [3.05, 3.63) is 23.8 Å². The lowest BCUT2D eigenvalue weighted by Gasteiger charge is -2.39. The van der Waals surface area contributed by atoms with Gasteiger partial charge in [0.2, 0.25) is 0 Å². The van der Waals surface area contributed by atoms with Crippen LogP contribution in [0, 0.1) is 5.41 Å². The molecule has 1 fully saturated rings. The second kappa shape index (κ2) is 4.63. The molecule has 0 aliphatic carbocycles. The normalized spacial score (nSPS) is 18.7. The summed E-state index contributed by atoms with van der Waals surface area (Å²) in [7, 11) is 0. The highest BCUT2D eigenvalue weighted by Gasteiger charge is 2.26. The van der Waals surface area contributed by atoms with Crippen LogP contribution in [-0.2, 0) is 0 Å². The van der Waals surface area contributed by atoms with Crippen LogP contribution in [0.25, 0.3) is 0 Å². The number of nitrogen functional groups attached to an aromatic ring is 1. The fourth-order valence-corrected chi connectivity index (χ4v) is 2.71. The zero-order valence-electron chi connectivity index (χ0n) is 11.5. The van der Waals surface area contributed by atoms with Crippen LogP contribution >= 0.6 is 0 Å². The van der Waals surface area contributed by atoms with Gasteiger partial charge >= 0.3 is 0 Å². The summed E-state index contributed by atoms with van der Waals surface area (Å²) in [6.07, 6.45) is 2.48. The minimum Gasteiger partial charge on any atom is -0.398 e. The van der Waals surface area contributed by atoms with Gasteiger partial charge in [-0.1, -0.05) is 13.8 Å². The van der Waals surface area contributed by atoms with Crippen LogP contribution in [0.15, 0.2) is 18.2 Å². The van der Waals surface area contributed by atoms with Crippen molar-refractivity contribution in [3.63, 3.8) is 0 Å². The van der Waals surface area contributed by atoms with Crippen LogP contribution in [-0.4, -0.2) is 18.9 Å². The number of carbonyl (C=O) groups excluding carboxylic acids is 1. The van der Waals surface area contributed by atoms with Crippen molar-refractivity contribution in [2.75, 3.05) is 23.7 Å². The van der Waals surface area contributed by atoms with Gasteiger partial charge in [-0.2, -0.15) is 0 Å². The molecule has 0 radical (unpaired) electrons. The number of nitrogens with zero attached hydrogens (tertiary/aromatic N) is 1. The van der Waals surface area contributed by atoms with Gasteiger partial charge in [-0.25, -0.2) is 0 Å². The Bertz CT molecular complexity index is 466. The number of hydrogen-bond acceptors (Lipinski definition) is 3. The van der Waals surface area contributed by atoms with Crippen molar-refractivity contribution in [1.29, 1.82) is 0 Å². The van der Waals surface area contributed by atoms with Gasteiger partial charge in [0.1, 0.15) is 0 Å². The predicted octanol–water partition coefficient (Wildman–Crippen LogP) is 3.10. The molecule has 1 aromatic carbocycles. The largest absolute Gasteiger partial charge is 0.398 e. The van der Waals surface area contributed by atoms with Gasteiger partial charge in [-0.3, -0.25) is 4.79 Å². The topological polar surface area (TPSA) is 46.3 Å². The molecule has 0 saturated carbocycles. The van der Waals surface area contributed by atoms with E-state index in [2.05, 4.69) is 18.7 Å². The fraction of sp³-hybridized carbons (Fsp3) is 0.533. The Morgan fingerprint density at radius 2 is 2.11 bits per heavy atom. The Balaban J connectivity index is 2.24. The van der Waals surface area contributed by atoms with Gasteiger partial charge in [0.05, 0.1) is 0 Å². The van der Waals surface area contributed by atoms with Crippen LogP contribution in [0.3, 0.4) is 0 Å². The van der Waals surface area contributed by atoms with Crippen LogP contribution in [0.5, 0.6) is 0 Å². The van der Waals surface area contributed by atoms with E-state index in [-0.39, 0.29) is 5.78 Å². The number of hydrogen-bond donors (Lipinski definition) is 1. The Hall–Kier alpha value is -1.51. The van der Waals surface area contributed by atoms with Gasteiger partial charge < -0.3 is 10.6 Å². The van der Waals surface area contributed by atoms with Crippen molar-refractivity contribution in [2.24, 2.45) is 5.41 Å². The van der Waals surface area contributed by atoms with E-state index in [0.29, 0.717) is 16.7 Å². The van der Waals surface area contributed by atoms with Crippen molar-refractivity contribution in [2.45, 2.75) is 33.6 Å². The number of benzene rings is 1. The number of anilines is 2. The van der Waals surface area contributed by atoms with Gasteiger partial charge in [-0.15, -0.1) is 0 Å². The molecule has 1 aliphatic rings. The van der Waals surface area contributed by atoms with Crippen molar-refractivity contribution >= 4 is 17.2 Å². The quantitative estimate of drug-likeness (QED) is 0.644. The average molecular weight is 246 g/mol. The van der Waals surface area contributed by atoms with Crippen LogP contribution in [0.2, 0.25) is 0 Å². The second-order valence-electron chi connectivity index (χ2n) is 6.02. The summed E-state index contributed by atoms with van der Waals surface area (Å²) >= 11 is 0. The van der Waals surface area contributed by atoms with Gasteiger partial charge in [-0.05, 0) is 43.4 Å². The maximum absolute atomic E-state index is 11.4. The summed E-state index contributed by atoms with van der Waals surface area (Å²) < 4.78 is 0. The number of ketones is 1. The molecule has 0 unspecified atom stereocenters. The number of piperidine rings is 1. The summed E-state index contributed by atoms with van der Waals surface area (Å²) in [6.45, 7) is 8.27. The van der Waals surface area contributed by atoms with Crippen LogP contribution in [0.4, 0.5) is 11.4 Å². The molecule has 0 spiro atoms. The van der Waals surface area contributed by atoms with Crippen molar-refractivity contribution in [1.82, 2.24) is 0 Å². The van der Waals surface area contributed by atoms with E-state index in [4.69, 9.17) is 5.73 Å². The number of rotatable bonds is 2. The number of carbonyl (C=O) groups is 1. The second-order valence-corrected chi connectivity index (χ2v) is 6.02. The van der Waals surface area contributed by atoms with E-state index in [1.54, 1.807) is 6.92 Å². The molecule has 3 nitrogen and oxygen atoms in total. The summed E-state index contributed by atoms with van der Waals surface area (Å²) in [6, 6.07) is 5.78. The first kappa shape index (κ1) is 12.9. The van der Waals surface area contributed by atoms with Crippen LogP contribution < -0.4 is 10.6 Å². The molecule has 0 bridgehead atoms. The fourth-order valence-electron chi connectivity index (χ4n) is 2.71. The van der Waals surface area contributed by atoms with Crippen LogP contribution in [0.1, 0.15) is 44.0 Å². The molecule has 0 amide bonds. The van der Waals surface area contributed by atoms with Crippen molar-refractivity contribution < 1.29 is 4.79 Å². The van der Waals surface area contributed by atoms with Gasteiger partial charge in [0.15, 0.2) is 5.78 Å². The third-order valence-corrected chi connectivity index (χ3v) is 3.68. The van der Waals surface area contributed by atoms with E-state index >= 15 is 0 Å². The lowest BCUT2D eigenvalue weighted by Crippen LogP contribution is -2.40. The number of nitrogens with two attached hydrogens (primary N) is 1. The van der Waals surface area contributed by atoms with E-state index < -0.39 is 0 Å². The Kier molecular flexibility index (Phi) is 3.33. The van der Waals surface area contributed by atoms with E-state index in [0.717, 1.165) is 18.8 Å². The molecule has 1 heterocycles. The first-order valence-corrected chi connectivity index (χ1v) is 6.54. The Morgan fingerprint density at radius 1 is 1.39 bits per heavy atom. The zero-order valence-corrected chi connectivity index (χ0v) is 11.5. The van der Waals surface area contributed by atoms with E-state index in [9.17, 15) is 4.79 Å². The molecular formula is C15H22N2O. The first-order chi connectivity index (χ1) is 8.39. The Labute approximate surface area is 109 Å². The molecule has 2 N–H and O–H groups in total. The predicted molar refractivity (Wildman–Crippen MR) is 76.1 cm³/mol. The highest BCUT2D eigenvalue weighted by atomic mass is 16.1. The first-order valence-electron chi connectivity index (χ1n) is 6.54. The van der Waals surface area contributed by atoms with Gasteiger partial charge in [0, 0.05) is 30.0 Å². The molecule has 0 aromatic heterocycles. The summed E-state index contributed by atoms with van der Waals surface area (Å²) in [5.74, 6) is 0.0259. The monoisotopic (exact) mass is 246 g/mol. The molecule has 3 heteroatoms. The highest BCUT2D eigenvalue weighted by molar-refractivity contribution is 5.99. The minimum atomic E-state index is 0.0259. The molecule has 18 heavy (non-hydrogen) atoms. The van der Waals surface area contributed by atoms with Gasteiger partial charge in [0.25, 0.3) is 0 Å². The third kappa shape index (κ3) is 2.66. The summed E-state index contributed by atoms with van der Waals surface area (Å²) in [5, 5.41) is 0. The lowest BCUT2D eigenvalue weighted by molar-refractivity contribution is 0.101. The molecule has 1 aliphatic heterocycles. The molecular weight excluding hydrogens is 224 g/mol. The maximum atomic E-state index is 11.4. The third-order valence-electron chi connectivity index (χ3n) is 3.68. The Morgan fingerprint density at radius 3 is 2.67 bits per heavy atom. The summed E-state index contributed by atoms with van der Waals surface area (Å²) in [5.41, 5.74) is 8.64. The van der Waals surface area contributed by atoms with E-state index in [1.165, 1.54) is 12.8 Å².